The Balaban J connectivity index is 1.77. The van der Waals surface area contributed by atoms with Crippen LogP contribution in [-0.2, 0) is 6.54 Å². The molecule has 1 aliphatic heterocycles. The van der Waals surface area contributed by atoms with E-state index in [0.717, 1.165) is 12.8 Å². The van der Waals surface area contributed by atoms with Crippen LogP contribution in [0.15, 0.2) is 24.4 Å². The van der Waals surface area contributed by atoms with Crippen LogP contribution in [0, 0.1) is 0 Å². The average molecular weight is 385 g/mol. The van der Waals surface area contributed by atoms with Gasteiger partial charge in [0.2, 0.25) is 0 Å². The Bertz CT molecular complexity index is 900. The second-order valence-corrected chi connectivity index (χ2v) is 6.53. The van der Waals surface area contributed by atoms with Crippen LogP contribution in [0.3, 0.4) is 0 Å². The number of carbonyl (C=O) groups is 3. The minimum absolute atomic E-state index is 0.0499. The van der Waals surface area contributed by atoms with Crippen molar-refractivity contribution in [3.63, 3.8) is 0 Å². The fourth-order valence-electron chi connectivity index (χ4n) is 3.34. The van der Waals surface area contributed by atoms with E-state index in [1.807, 2.05) is 0 Å². The molecule has 2 amide bonds. The number of carbonyl (C=O) groups excluding carboxylic acids is 3. The zero-order chi connectivity index (χ0) is 20.3. The van der Waals surface area contributed by atoms with Crippen molar-refractivity contribution in [2.45, 2.75) is 25.4 Å². The minimum atomic E-state index is -1.79. The number of nitrogens with one attached hydrogen (secondary N) is 1. The topological polar surface area (TPSA) is 138 Å². The van der Waals surface area contributed by atoms with Crippen molar-refractivity contribution in [3.8, 4) is 0 Å². The lowest BCUT2D eigenvalue weighted by Crippen LogP contribution is -2.39. The Morgan fingerprint density at radius 1 is 1.39 bits per heavy atom. The lowest BCUT2D eigenvalue weighted by atomic mass is 9.77. The van der Waals surface area contributed by atoms with E-state index in [1.165, 1.54) is 36.1 Å². The summed E-state index contributed by atoms with van der Waals surface area (Å²) in [6.45, 7) is 0.949. The summed E-state index contributed by atoms with van der Waals surface area (Å²) in [6, 6.07) is 4.06. The molecule has 1 aromatic heterocycles. The quantitative estimate of drug-likeness (QED) is 0.404. The van der Waals surface area contributed by atoms with Gasteiger partial charge in [-0.15, -0.1) is 5.10 Å². The number of likely N-dealkylation sites (tertiary alicyclic amines) is 1. The van der Waals surface area contributed by atoms with E-state index in [-0.39, 0.29) is 34.6 Å². The van der Waals surface area contributed by atoms with Crippen LogP contribution in [0.1, 0.15) is 44.0 Å². The van der Waals surface area contributed by atoms with E-state index in [2.05, 4.69) is 15.6 Å². The summed E-state index contributed by atoms with van der Waals surface area (Å²) in [7, 11) is -0.279. The number of benzene rings is 1. The number of rotatable bonds is 6. The second-order valence-electron chi connectivity index (χ2n) is 6.53. The van der Waals surface area contributed by atoms with Crippen LogP contribution in [0.5, 0.6) is 0 Å². The summed E-state index contributed by atoms with van der Waals surface area (Å²) in [5.74, 6) is -0.589. The van der Waals surface area contributed by atoms with Crippen LogP contribution in [0.4, 0.5) is 0 Å². The first kappa shape index (κ1) is 19.7. The molecule has 1 fully saturated rings. The Hall–Kier alpha value is -3.05. The molecular weight excluding hydrogens is 365 g/mol. The molecule has 1 aliphatic rings. The maximum atomic E-state index is 12.9. The molecule has 0 bridgehead atoms. The fraction of sp³-hybridized carbons (Fsp3) is 0.353. The van der Waals surface area contributed by atoms with Crippen molar-refractivity contribution in [1.29, 1.82) is 0 Å². The molecule has 0 spiro atoms. The maximum Gasteiger partial charge on any atom is 0.489 e. The van der Waals surface area contributed by atoms with Crippen LogP contribution in [-0.4, -0.2) is 74.8 Å². The van der Waals surface area contributed by atoms with Gasteiger partial charge in [-0.25, -0.2) is 4.68 Å². The highest BCUT2D eigenvalue weighted by Crippen LogP contribution is 2.21. The first-order valence-electron chi connectivity index (χ1n) is 8.83. The number of aldehydes is 1. The average Bonchev–Trinajstić information content (AvgIpc) is 3.36. The van der Waals surface area contributed by atoms with E-state index in [4.69, 9.17) is 0 Å². The maximum absolute atomic E-state index is 12.9. The summed E-state index contributed by atoms with van der Waals surface area (Å²) in [5.41, 5.74) is 0.604. The van der Waals surface area contributed by atoms with Gasteiger partial charge in [0, 0.05) is 24.7 Å². The van der Waals surface area contributed by atoms with Crippen molar-refractivity contribution >= 4 is 30.7 Å². The van der Waals surface area contributed by atoms with E-state index in [9.17, 15) is 24.4 Å². The van der Waals surface area contributed by atoms with Crippen molar-refractivity contribution in [2.24, 2.45) is 0 Å². The van der Waals surface area contributed by atoms with Crippen LogP contribution in [0.25, 0.3) is 0 Å². The van der Waals surface area contributed by atoms with Crippen LogP contribution in [0.2, 0.25) is 0 Å². The van der Waals surface area contributed by atoms with Gasteiger partial charge in [0.25, 0.3) is 11.8 Å². The molecule has 146 valence electrons. The Morgan fingerprint density at radius 3 is 2.86 bits per heavy atom. The number of nitrogens with zero attached hydrogens (tertiary/aromatic N) is 4. The lowest BCUT2D eigenvalue weighted by molar-refractivity contribution is 0.0720. The summed E-state index contributed by atoms with van der Waals surface area (Å²) in [6.07, 6.45) is 3.61. The zero-order valence-electron chi connectivity index (χ0n) is 15.3. The molecule has 0 radical (unpaired) electrons. The largest absolute Gasteiger partial charge is 0.489 e. The van der Waals surface area contributed by atoms with Gasteiger partial charge in [-0.1, -0.05) is 11.3 Å². The summed E-state index contributed by atoms with van der Waals surface area (Å²) in [5, 5.41) is 28.8. The normalized spacial score (nSPS) is 16.1. The van der Waals surface area contributed by atoms with Crippen molar-refractivity contribution in [2.75, 3.05) is 13.6 Å². The highest BCUT2D eigenvalue weighted by Gasteiger charge is 2.31. The van der Waals surface area contributed by atoms with Gasteiger partial charge in [-0.05, 0) is 30.4 Å². The van der Waals surface area contributed by atoms with Gasteiger partial charge < -0.3 is 20.3 Å². The van der Waals surface area contributed by atoms with Crippen molar-refractivity contribution in [3.05, 3.63) is 41.2 Å². The molecule has 2 heterocycles. The highest BCUT2D eigenvalue weighted by atomic mass is 16.4. The first-order chi connectivity index (χ1) is 13.4. The molecule has 0 aliphatic carbocycles. The smallest absolute Gasteiger partial charge is 0.423 e. The first-order valence-corrected chi connectivity index (χ1v) is 8.83. The molecule has 10 nitrogen and oxygen atoms in total. The molecule has 28 heavy (non-hydrogen) atoms. The summed E-state index contributed by atoms with van der Waals surface area (Å²) < 4.78 is 1.53. The zero-order valence-corrected chi connectivity index (χ0v) is 15.3. The number of amides is 2. The third-order valence-corrected chi connectivity index (χ3v) is 4.77. The molecule has 0 saturated carbocycles. The number of aromatic nitrogens is 3. The lowest BCUT2D eigenvalue weighted by Gasteiger charge is -2.25. The van der Waals surface area contributed by atoms with Crippen LogP contribution < -0.4 is 10.8 Å². The van der Waals surface area contributed by atoms with E-state index < -0.39 is 7.12 Å². The predicted octanol–water partition coefficient (Wildman–Crippen LogP) is -1.57. The second kappa shape index (κ2) is 8.32. The van der Waals surface area contributed by atoms with Gasteiger partial charge in [-0.2, -0.15) is 0 Å². The predicted molar refractivity (Wildman–Crippen MR) is 99.1 cm³/mol. The molecule has 2 aromatic rings. The van der Waals surface area contributed by atoms with Gasteiger partial charge in [0.05, 0.1) is 18.8 Å². The van der Waals surface area contributed by atoms with Crippen molar-refractivity contribution in [1.82, 2.24) is 25.2 Å². The van der Waals surface area contributed by atoms with Gasteiger partial charge in [0.1, 0.15) is 6.29 Å². The molecule has 1 unspecified atom stereocenters. The van der Waals surface area contributed by atoms with E-state index in [1.54, 1.807) is 4.90 Å². The van der Waals surface area contributed by atoms with Gasteiger partial charge >= 0.3 is 7.12 Å². The molecule has 1 atom stereocenters. The Kier molecular flexibility index (Phi) is 5.86. The molecular formula is C17H20BN5O5. The number of hydrogen-bond donors (Lipinski definition) is 3. The summed E-state index contributed by atoms with van der Waals surface area (Å²) in [4.78, 5) is 37.4. The molecule has 1 saturated heterocycles. The molecule has 3 N–H and O–H groups in total. The van der Waals surface area contributed by atoms with Gasteiger partial charge in [0.15, 0.2) is 5.69 Å². The van der Waals surface area contributed by atoms with Crippen molar-refractivity contribution < 1.29 is 24.4 Å². The van der Waals surface area contributed by atoms with Crippen LogP contribution >= 0.6 is 0 Å². The SMILES string of the molecule is CNC(=O)c1cn(CC2CCCN2C(=O)c2ccc(B(O)O)c(C=O)c2)nn1. The third kappa shape index (κ3) is 3.95. The number of hydrogen-bond acceptors (Lipinski definition) is 7. The Labute approximate surface area is 161 Å². The molecule has 1 aromatic carbocycles. The van der Waals surface area contributed by atoms with E-state index in [0.29, 0.717) is 24.9 Å². The highest BCUT2D eigenvalue weighted by molar-refractivity contribution is 6.60. The third-order valence-electron chi connectivity index (χ3n) is 4.77. The standard InChI is InChI=1S/C17H20BN5O5/c1-19-16(25)15-9-22(21-20-15)8-13-3-2-6-23(13)17(26)11-4-5-14(18(27)28)12(7-11)10-24/h4-5,7,9-10,13,27-28H,2-3,6,8H2,1H3,(H,19,25). The minimum Gasteiger partial charge on any atom is -0.423 e. The molecule has 11 heteroatoms. The summed E-state index contributed by atoms with van der Waals surface area (Å²) >= 11 is 0. The Morgan fingerprint density at radius 2 is 2.18 bits per heavy atom. The van der Waals surface area contributed by atoms with E-state index >= 15 is 0 Å². The monoisotopic (exact) mass is 385 g/mol. The fourth-order valence-corrected chi connectivity index (χ4v) is 3.34. The molecule has 3 rings (SSSR count). The van der Waals surface area contributed by atoms with Gasteiger partial charge in [-0.3, -0.25) is 14.4 Å².